The number of imidazole rings is 1. The highest BCUT2D eigenvalue weighted by Gasteiger charge is 2.26. The van der Waals surface area contributed by atoms with Gasteiger partial charge in [-0.05, 0) is 51.1 Å². The lowest BCUT2D eigenvalue weighted by Crippen LogP contribution is -2.51. The number of nitrogens with zero attached hydrogens (tertiary/aromatic N) is 6. The smallest absolute Gasteiger partial charge is 0.410 e. The highest BCUT2D eigenvalue weighted by molar-refractivity contribution is 6.34. The molecule has 4 aromatic rings. The predicted octanol–water partition coefficient (Wildman–Crippen LogP) is 5.70. The first-order valence-electron chi connectivity index (χ1n) is 14.7. The van der Waals surface area contributed by atoms with E-state index in [-0.39, 0.29) is 28.3 Å². The number of aromatic nitrogens is 3. The Morgan fingerprint density at radius 1 is 1.07 bits per heavy atom. The Morgan fingerprint density at radius 2 is 1.80 bits per heavy atom. The summed E-state index contributed by atoms with van der Waals surface area (Å²) in [5.74, 6) is -2.21. The first-order chi connectivity index (χ1) is 21.9. The fourth-order valence-electron chi connectivity index (χ4n) is 5.08. The molecular weight excluding hydrogens is 620 g/mol. The Kier molecular flexibility index (Phi) is 9.63. The number of likely N-dealkylation sites (N-methyl/N-ethyl adjacent to an activating group) is 1. The molecule has 1 aliphatic rings. The van der Waals surface area contributed by atoms with Gasteiger partial charge in [-0.15, -0.1) is 0 Å². The Labute approximate surface area is 270 Å². The molecule has 5 rings (SSSR count). The number of halogens is 3. The van der Waals surface area contributed by atoms with E-state index in [0.29, 0.717) is 67.7 Å². The molecule has 0 atom stereocenters. The number of nitrogens with one attached hydrogen (secondary N) is 1. The van der Waals surface area contributed by atoms with Gasteiger partial charge in [-0.1, -0.05) is 11.6 Å². The van der Waals surface area contributed by atoms with Crippen LogP contribution in [0.2, 0.25) is 5.02 Å². The number of piperazine rings is 1. The second kappa shape index (κ2) is 13.5. The summed E-state index contributed by atoms with van der Waals surface area (Å²) < 4.78 is 41.1. The quantitative estimate of drug-likeness (QED) is 0.258. The fraction of sp³-hybridized carbons (Fsp3) is 0.375. The van der Waals surface area contributed by atoms with E-state index in [0.717, 1.165) is 0 Å². The molecule has 11 nitrogen and oxygen atoms in total. The normalized spacial score (nSPS) is 14.0. The van der Waals surface area contributed by atoms with Crippen molar-refractivity contribution in [2.45, 2.75) is 26.4 Å². The third-order valence-corrected chi connectivity index (χ3v) is 7.87. The van der Waals surface area contributed by atoms with Crippen LogP contribution in [0.25, 0.3) is 16.9 Å². The first kappa shape index (κ1) is 32.9. The number of amides is 2. The van der Waals surface area contributed by atoms with Crippen LogP contribution in [0.4, 0.5) is 25.1 Å². The monoisotopic (exact) mass is 655 g/mol. The molecule has 0 unspecified atom stereocenters. The molecule has 2 aromatic heterocycles. The Hall–Kier alpha value is -4.49. The number of hydrogen-bond acceptors (Lipinski definition) is 8. The predicted molar refractivity (Wildman–Crippen MR) is 171 cm³/mol. The molecule has 244 valence electrons. The van der Waals surface area contributed by atoms with Crippen LogP contribution in [-0.2, 0) is 4.74 Å². The molecule has 0 saturated carbocycles. The van der Waals surface area contributed by atoms with E-state index < -0.39 is 17.2 Å². The molecule has 1 fully saturated rings. The molecule has 3 heterocycles. The lowest BCUT2D eigenvalue weighted by atomic mass is 10.1. The Bertz CT molecular complexity index is 1750. The molecule has 1 aliphatic heterocycles. The van der Waals surface area contributed by atoms with Gasteiger partial charge in [-0.2, -0.15) is 4.39 Å². The highest BCUT2D eigenvalue weighted by atomic mass is 35.5. The van der Waals surface area contributed by atoms with Crippen LogP contribution in [-0.4, -0.2) is 100 Å². The molecule has 0 aliphatic carbocycles. The number of carbonyl (C=O) groups is 2. The molecule has 46 heavy (non-hydrogen) atoms. The van der Waals surface area contributed by atoms with Crippen molar-refractivity contribution < 1.29 is 27.8 Å². The van der Waals surface area contributed by atoms with Crippen molar-refractivity contribution in [3.8, 4) is 17.0 Å². The number of rotatable bonds is 8. The number of fused-ring (bicyclic) bond motifs is 1. The summed E-state index contributed by atoms with van der Waals surface area (Å²) in [6, 6.07) is 7.73. The van der Waals surface area contributed by atoms with Crippen molar-refractivity contribution in [3.63, 3.8) is 0 Å². The van der Waals surface area contributed by atoms with Crippen molar-refractivity contribution in [3.05, 3.63) is 71.1 Å². The van der Waals surface area contributed by atoms with Crippen molar-refractivity contribution >= 4 is 40.8 Å². The maximum Gasteiger partial charge on any atom is 0.410 e. The minimum atomic E-state index is -1.09. The third-order valence-electron chi connectivity index (χ3n) is 7.56. The molecule has 2 amide bonds. The number of benzene rings is 2. The van der Waals surface area contributed by atoms with Gasteiger partial charge in [-0.25, -0.2) is 19.2 Å². The summed E-state index contributed by atoms with van der Waals surface area (Å²) in [6.07, 6.45) is 4.22. The molecule has 0 bridgehead atoms. The van der Waals surface area contributed by atoms with E-state index in [1.165, 1.54) is 31.6 Å². The van der Waals surface area contributed by atoms with Crippen molar-refractivity contribution in [2.75, 3.05) is 58.7 Å². The topological polar surface area (TPSA) is 105 Å². The summed E-state index contributed by atoms with van der Waals surface area (Å²) >= 11 is 6.56. The van der Waals surface area contributed by atoms with E-state index in [4.69, 9.17) is 21.1 Å². The maximum atomic E-state index is 14.8. The molecule has 1 saturated heterocycles. The van der Waals surface area contributed by atoms with Gasteiger partial charge in [0.1, 0.15) is 5.60 Å². The van der Waals surface area contributed by atoms with Crippen molar-refractivity contribution in [1.29, 1.82) is 0 Å². The van der Waals surface area contributed by atoms with E-state index in [9.17, 15) is 18.4 Å². The van der Waals surface area contributed by atoms with Gasteiger partial charge in [0.15, 0.2) is 23.0 Å². The van der Waals surface area contributed by atoms with Crippen LogP contribution in [0.15, 0.2) is 48.9 Å². The van der Waals surface area contributed by atoms with Gasteiger partial charge < -0.3 is 24.6 Å². The summed E-state index contributed by atoms with van der Waals surface area (Å²) in [4.78, 5) is 39.8. The number of hydrogen-bond donors (Lipinski definition) is 1. The van der Waals surface area contributed by atoms with Gasteiger partial charge in [0.25, 0.3) is 5.91 Å². The standard InChI is InChI=1S/C32H36ClF2N7O4/c1-32(2,3)46-31(44)41-16-14-40(15-17-41)13-12-39(4)30(43)21-7-6-20(18-23(21)33)38-28-29-37-19-24(42(29)11-10-36-28)22-8-9-25(45-5)27(35)26(22)34/h6-11,18-19H,12-17H2,1-5H3,(H,36,38). The summed E-state index contributed by atoms with van der Waals surface area (Å²) in [6.45, 7) is 9.16. The van der Waals surface area contributed by atoms with Crippen LogP contribution < -0.4 is 10.1 Å². The zero-order valence-corrected chi connectivity index (χ0v) is 27.1. The molecule has 0 spiro atoms. The van der Waals surface area contributed by atoms with Crippen LogP contribution in [0.1, 0.15) is 31.1 Å². The lowest BCUT2D eigenvalue weighted by molar-refractivity contribution is 0.0141. The van der Waals surface area contributed by atoms with E-state index in [1.807, 2.05) is 20.8 Å². The second-order valence-electron chi connectivity index (χ2n) is 11.9. The molecule has 0 radical (unpaired) electrons. The van der Waals surface area contributed by atoms with E-state index in [2.05, 4.69) is 20.2 Å². The Morgan fingerprint density at radius 3 is 2.48 bits per heavy atom. The largest absolute Gasteiger partial charge is 0.494 e. The highest BCUT2D eigenvalue weighted by Crippen LogP contribution is 2.32. The molecule has 2 aromatic carbocycles. The number of anilines is 2. The van der Waals surface area contributed by atoms with Crippen LogP contribution in [0, 0.1) is 11.6 Å². The van der Waals surface area contributed by atoms with E-state index >= 15 is 0 Å². The van der Waals surface area contributed by atoms with Gasteiger partial charge in [0.05, 0.1) is 29.6 Å². The van der Waals surface area contributed by atoms with Crippen molar-refractivity contribution in [2.24, 2.45) is 0 Å². The number of methoxy groups -OCH3 is 1. The number of ether oxygens (including phenoxy) is 2. The third kappa shape index (κ3) is 7.15. The van der Waals surface area contributed by atoms with Gasteiger partial charge in [-0.3, -0.25) is 14.1 Å². The van der Waals surface area contributed by atoms with Gasteiger partial charge in [0, 0.05) is 70.0 Å². The summed E-state index contributed by atoms with van der Waals surface area (Å²) in [5.41, 5.74) is 1.07. The van der Waals surface area contributed by atoms with Gasteiger partial charge >= 0.3 is 6.09 Å². The molecule has 1 N–H and O–H groups in total. The average Bonchev–Trinajstić information content (AvgIpc) is 3.45. The van der Waals surface area contributed by atoms with Crippen LogP contribution in [0.3, 0.4) is 0 Å². The van der Waals surface area contributed by atoms with Crippen molar-refractivity contribution in [1.82, 2.24) is 29.1 Å². The first-order valence-corrected chi connectivity index (χ1v) is 15.1. The van der Waals surface area contributed by atoms with Gasteiger partial charge in [0.2, 0.25) is 5.82 Å². The zero-order valence-electron chi connectivity index (χ0n) is 26.3. The molecule has 14 heteroatoms. The second-order valence-corrected chi connectivity index (χ2v) is 12.3. The fourth-order valence-corrected chi connectivity index (χ4v) is 5.34. The summed E-state index contributed by atoms with van der Waals surface area (Å²) in [5, 5.41) is 3.40. The number of carbonyl (C=O) groups excluding carboxylic acids is 2. The molecular formula is C32H36ClF2N7O4. The Balaban J connectivity index is 1.21. The van der Waals surface area contributed by atoms with Crippen LogP contribution >= 0.6 is 11.6 Å². The zero-order chi connectivity index (χ0) is 33.2. The van der Waals surface area contributed by atoms with E-state index in [1.54, 1.807) is 45.6 Å². The minimum absolute atomic E-state index is 0.0149. The SMILES string of the molecule is COc1ccc(-c2cnc3c(Nc4ccc(C(=O)N(C)CCN5CCN(C(=O)OC(C)(C)C)CC5)c(Cl)c4)nccn23)c(F)c1F. The van der Waals surface area contributed by atoms with Crippen LogP contribution in [0.5, 0.6) is 5.75 Å². The lowest BCUT2D eigenvalue weighted by Gasteiger charge is -2.36. The maximum absolute atomic E-state index is 14.8. The average molecular weight is 656 g/mol. The summed E-state index contributed by atoms with van der Waals surface area (Å²) in [7, 11) is 2.99. The minimum Gasteiger partial charge on any atom is -0.494 e.